The molecule has 1 aliphatic rings. The minimum absolute atomic E-state index is 0.0330. The van der Waals surface area contributed by atoms with Gasteiger partial charge in [0.1, 0.15) is 12.4 Å². The molecule has 0 saturated heterocycles. The molecule has 0 amide bonds. The molecule has 32 heavy (non-hydrogen) atoms. The highest BCUT2D eigenvalue weighted by Crippen LogP contribution is 2.23. The molecular weight excluding hydrogens is 398 g/mol. The second kappa shape index (κ2) is 18.0. The van der Waals surface area contributed by atoms with E-state index in [-0.39, 0.29) is 17.2 Å². The number of carboxylic acid groups (broad SMARTS) is 1. The van der Waals surface area contributed by atoms with Gasteiger partial charge in [0.15, 0.2) is 6.54 Å². The summed E-state index contributed by atoms with van der Waals surface area (Å²) >= 11 is 0. The van der Waals surface area contributed by atoms with E-state index in [0.717, 1.165) is 31.5 Å². The first-order valence-electron chi connectivity index (χ1n) is 13.3. The fraction of sp³-hybridized carbons (Fsp3) is 0.778. The summed E-state index contributed by atoms with van der Waals surface area (Å²) in [4.78, 5) is 15.7. The maximum absolute atomic E-state index is 11.3. The average Bonchev–Trinajstić information content (AvgIpc) is 3.16. The Bertz CT molecular complexity index is 583. The topological polar surface area (TPSA) is 75.7 Å². The van der Waals surface area contributed by atoms with Crippen LogP contribution in [0.5, 0.6) is 0 Å². The molecule has 1 heterocycles. The summed E-state index contributed by atoms with van der Waals surface area (Å²) in [5.41, 5.74) is 6.11. The summed E-state index contributed by atoms with van der Waals surface area (Å²) in [6, 6.07) is 0. The monoisotopic (exact) mass is 448 g/mol. The number of hydrogen-bond acceptors (Lipinski definition) is 3. The molecule has 184 valence electrons. The van der Waals surface area contributed by atoms with E-state index in [9.17, 15) is 9.90 Å². The van der Waals surface area contributed by atoms with Gasteiger partial charge in [0, 0.05) is 13.3 Å². The van der Waals surface area contributed by atoms with Crippen molar-refractivity contribution in [3.05, 3.63) is 24.6 Å². The fourth-order valence-electron chi connectivity index (χ4n) is 4.47. The zero-order valence-electron chi connectivity index (χ0n) is 20.9. The number of allylic oxidation sites excluding steroid dienone is 2. The summed E-state index contributed by atoms with van der Waals surface area (Å²) in [5.74, 6) is 0.0407. The maximum Gasteiger partial charge on any atom is 0.360 e. The lowest BCUT2D eigenvalue weighted by Gasteiger charge is -2.34. The normalized spacial score (nSPS) is 19.0. The van der Waals surface area contributed by atoms with Crippen molar-refractivity contribution in [3.8, 4) is 0 Å². The molecule has 0 aromatic rings. The van der Waals surface area contributed by atoms with Crippen LogP contribution in [0.25, 0.3) is 0 Å². The molecule has 0 bridgehead atoms. The number of rotatable bonds is 21. The third-order valence-electron chi connectivity index (χ3n) is 6.57. The predicted molar refractivity (Wildman–Crippen MR) is 136 cm³/mol. The number of aliphatic imine (C=N–C) groups is 1. The molecule has 3 N–H and O–H groups in total. The van der Waals surface area contributed by atoms with E-state index in [1.165, 1.54) is 83.5 Å². The number of quaternary nitrogens is 1. The number of aliphatic carboxylic acids is 1. The van der Waals surface area contributed by atoms with Crippen molar-refractivity contribution >= 4 is 11.8 Å². The van der Waals surface area contributed by atoms with Gasteiger partial charge in [-0.3, -0.25) is 5.73 Å². The number of unbranched alkanes of at least 4 members (excludes halogenated alkanes) is 14. The molecule has 5 nitrogen and oxygen atoms in total. The number of nitrogens with zero attached hydrogens (tertiary/aromatic N) is 2. The van der Waals surface area contributed by atoms with Crippen LogP contribution < -0.4 is 5.73 Å². The SMILES string of the molecule is CCCCCCCCCCCCC/C=C/CCCCCC1=NC=C[N+]1(CC(=O)O)C(C)N. The van der Waals surface area contributed by atoms with Gasteiger partial charge in [-0.1, -0.05) is 89.7 Å². The van der Waals surface area contributed by atoms with Crippen LogP contribution in [0, 0.1) is 0 Å². The molecule has 1 aliphatic heterocycles. The molecule has 5 heteroatoms. The molecule has 0 spiro atoms. The molecule has 0 fully saturated rings. The number of carbonyl (C=O) groups is 1. The van der Waals surface area contributed by atoms with Gasteiger partial charge in [-0.25, -0.2) is 14.3 Å². The van der Waals surface area contributed by atoms with Gasteiger partial charge in [0.2, 0.25) is 5.84 Å². The van der Waals surface area contributed by atoms with Gasteiger partial charge in [-0.05, 0) is 32.1 Å². The molecule has 2 unspecified atom stereocenters. The van der Waals surface area contributed by atoms with Crippen molar-refractivity contribution in [2.45, 2.75) is 129 Å². The van der Waals surface area contributed by atoms with Crippen LogP contribution in [0.15, 0.2) is 29.5 Å². The minimum atomic E-state index is -0.843. The van der Waals surface area contributed by atoms with Crippen molar-refractivity contribution in [2.24, 2.45) is 10.7 Å². The first-order valence-corrected chi connectivity index (χ1v) is 13.3. The lowest BCUT2D eigenvalue weighted by molar-refractivity contribution is -0.805. The van der Waals surface area contributed by atoms with Gasteiger partial charge < -0.3 is 5.11 Å². The number of amidine groups is 1. The van der Waals surface area contributed by atoms with E-state index in [1.807, 2.05) is 13.1 Å². The van der Waals surface area contributed by atoms with Crippen LogP contribution >= 0.6 is 0 Å². The summed E-state index contributed by atoms with van der Waals surface area (Å²) in [5, 5.41) is 9.27. The van der Waals surface area contributed by atoms with Crippen molar-refractivity contribution in [1.29, 1.82) is 0 Å². The second-order valence-electron chi connectivity index (χ2n) is 9.46. The molecule has 0 radical (unpaired) electrons. The summed E-state index contributed by atoms with van der Waals surface area (Å²) in [7, 11) is 0. The highest BCUT2D eigenvalue weighted by molar-refractivity contribution is 5.81. The van der Waals surface area contributed by atoms with E-state index in [0.29, 0.717) is 0 Å². The summed E-state index contributed by atoms with van der Waals surface area (Å²) in [6.45, 7) is 4.10. The summed E-state index contributed by atoms with van der Waals surface area (Å²) in [6.07, 6.45) is 29.8. The van der Waals surface area contributed by atoms with Gasteiger partial charge in [0.25, 0.3) is 0 Å². The smallest absolute Gasteiger partial charge is 0.360 e. The Morgan fingerprint density at radius 1 is 0.938 bits per heavy atom. The van der Waals surface area contributed by atoms with Gasteiger partial charge in [-0.2, -0.15) is 0 Å². The standard InChI is InChI=1S/C27H49N3O2/c1-3-4-5-6-7-8-9-10-11-12-13-14-15-16-17-18-19-20-21-26-29-22-23-30(26,25(2)28)24-27(31)32/h15-16,22-23,25H,3-14,17-21,24,28H2,1-2H3/p+1/b16-15+. The van der Waals surface area contributed by atoms with Crippen molar-refractivity contribution in [2.75, 3.05) is 6.54 Å². The van der Waals surface area contributed by atoms with Crippen molar-refractivity contribution in [3.63, 3.8) is 0 Å². The number of hydrogen-bond donors (Lipinski definition) is 2. The van der Waals surface area contributed by atoms with E-state index < -0.39 is 5.97 Å². The van der Waals surface area contributed by atoms with Crippen LogP contribution in [0.2, 0.25) is 0 Å². The van der Waals surface area contributed by atoms with Crippen LogP contribution in [0.4, 0.5) is 0 Å². The second-order valence-corrected chi connectivity index (χ2v) is 9.46. The van der Waals surface area contributed by atoms with E-state index in [4.69, 9.17) is 5.73 Å². The molecule has 2 atom stereocenters. The Morgan fingerprint density at radius 2 is 1.44 bits per heavy atom. The van der Waals surface area contributed by atoms with Crippen LogP contribution in [0.1, 0.15) is 123 Å². The lowest BCUT2D eigenvalue weighted by Crippen LogP contribution is -2.59. The number of nitrogens with two attached hydrogens (primary N) is 1. The fourth-order valence-corrected chi connectivity index (χ4v) is 4.47. The average molecular weight is 449 g/mol. The Hall–Kier alpha value is -1.46. The molecule has 1 rings (SSSR count). The van der Waals surface area contributed by atoms with E-state index in [2.05, 4.69) is 24.1 Å². The summed E-state index contributed by atoms with van der Waals surface area (Å²) < 4.78 is 0.161. The largest absolute Gasteiger partial charge is 0.477 e. The third-order valence-corrected chi connectivity index (χ3v) is 6.57. The highest BCUT2D eigenvalue weighted by atomic mass is 16.4. The lowest BCUT2D eigenvalue weighted by atomic mass is 10.1. The molecule has 0 aromatic carbocycles. The Morgan fingerprint density at radius 3 is 1.94 bits per heavy atom. The van der Waals surface area contributed by atoms with Gasteiger partial charge >= 0.3 is 5.97 Å². The van der Waals surface area contributed by atoms with Crippen LogP contribution in [0.3, 0.4) is 0 Å². The van der Waals surface area contributed by atoms with Gasteiger partial charge in [0.05, 0.1) is 6.20 Å². The molecular formula is C27H50N3O2+. The molecule has 0 aromatic heterocycles. The van der Waals surface area contributed by atoms with E-state index in [1.54, 1.807) is 6.20 Å². The number of carboxylic acids is 1. The van der Waals surface area contributed by atoms with Crippen LogP contribution in [-0.4, -0.2) is 34.1 Å². The Balaban J connectivity index is 1.98. The predicted octanol–water partition coefficient (Wildman–Crippen LogP) is 7.28. The minimum Gasteiger partial charge on any atom is -0.477 e. The molecule has 0 saturated carbocycles. The Labute approximate surface area is 197 Å². The quantitative estimate of drug-likeness (QED) is 0.110. The van der Waals surface area contributed by atoms with Gasteiger partial charge in [-0.15, -0.1) is 0 Å². The van der Waals surface area contributed by atoms with Crippen LogP contribution in [-0.2, 0) is 4.79 Å². The van der Waals surface area contributed by atoms with Crippen molar-refractivity contribution < 1.29 is 14.4 Å². The zero-order valence-corrected chi connectivity index (χ0v) is 20.9. The first kappa shape index (κ1) is 28.6. The highest BCUT2D eigenvalue weighted by Gasteiger charge is 2.40. The maximum atomic E-state index is 11.3. The first-order chi connectivity index (χ1) is 15.5. The van der Waals surface area contributed by atoms with E-state index >= 15 is 0 Å². The third kappa shape index (κ3) is 12.0. The Kier molecular flexibility index (Phi) is 16.1. The van der Waals surface area contributed by atoms with Crippen molar-refractivity contribution in [1.82, 2.24) is 0 Å². The zero-order chi connectivity index (χ0) is 23.5. The molecule has 0 aliphatic carbocycles.